The summed E-state index contributed by atoms with van der Waals surface area (Å²) in [7, 11) is 1.42. The second kappa shape index (κ2) is 4.86. The Balaban J connectivity index is 1.82. The van der Waals surface area contributed by atoms with Gasteiger partial charge in [-0.05, 0) is 30.6 Å². The van der Waals surface area contributed by atoms with Crippen molar-refractivity contribution >= 4 is 5.97 Å². The third kappa shape index (κ3) is 2.34. The van der Waals surface area contributed by atoms with Crippen LogP contribution in [0.3, 0.4) is 0 Å². The van der Waals surface area contributed by atoms with Crippen LogP contribution in [0.1, 0.15) is 69.5 Å². The number of carbonyl (C=O) groups excluding carboxylic acids is 1. The molecule has 5 heteroatoms. The van der Waals surface area contributed by atoms with Crippen molar-refractivity contribution in [1.82, 2.24) is 10.1 Å². The van der Waals surface area contributed by atoms with Crippen LogP contribution in [0, 0.1) is 11.3 Å². The van der Waals surface area contributed by atoms with Gasteiger partial charge in [0.15, 0.2) is 5.82 Å². The van der Waals surface area contributed by atoms with Gasteiger partial charge in [-0.2, -0.15) is 4.98 Å². The molecule has 110 valence electrons. The van der Waals surface area contributed by atoms with Crippen molar-refractivity contribution in [3.63, 3.8) is 0 Å². The number of ether oxygens (including phenoxy) is 1. The van der Waals surface area contributed by atoms with Gasteiger partial charge in [-0.3, -0.25) is 4.79 Å². The highest BCUT2D eigenvalue weighted by molar-refractivity contribution is 5.77. The summed E-state index contributed by atoms with van der Waals surface area (Å²) in [5, 5.41) is 4.09. The lowest BCUT2D eigenvalue weighted by Crippen LogP contribution is -2.21. The standard InChI is InChI=1S/C15H22N2O3/c1-15(2)8-10(15)12-16-13(20-17-12)11(14(18)19-3)9-6-4-5-7-9/h9-11H,4-8H2,1-3H3. The normalized spacial score (nSPS) is 26.4. The van der Waals surface area contributed by atoms with Crippen molar-refractivity contribution in [3.05, 3.63) is 11.7 Å². The summed E-state index contributed by atoms with van der Waals surface area (Å²) in [6.45, 7) is 4.39. The third-order valence-corrected chi connectivity index (χ3v) is 4.87. The van der Waals surface area contributed by atoms with E-state index in [-0.39, 0.29) is 23.2 Å². The molecule has 1 aromatic rings. The minimum atomic E-state index is -0.384. The molecule has 0 aliphatic heterocycles. The summed E-state index contributed by atoms with van der Waals surface area (Å²) in [5.41, 5.74) is 0.259. The van der Waals surface area contributed by atoms with Gasteiger partial charge in [0.1, 0.15) is 5.92 Å². The second-order valence-corrected chi connectivity index (χ2v) is 6.78. The smallest absolute Gasteiger partial charge is 0.318 e. The first-order chi connectivity index (χ1) is 9.53. The van der Waals surface area contributed by atoms with Gasteiger partial charge >= 0.3 is 5.97 Å². The number of hydrogen-bond donors (Lipinski definition) is 0. The molecule has 0 N–H and O–H groups in total. The van der Waals surface area contributed by atoms with Gasteiger partial charge in [-0.1, -0.05) is 31.8 Å². The lowest BCUT2D eigenvalue weighted by molar-refractivity contribution is -0.144. The van der Waals surface area contributed by atoms with Crippen molar-refractivity contribution in [2.75, 3.05) is 7.11 Å². The Hall–Kier alpha value is -1.39. The molecule has 0 saturated heterocycles. The van der Waals surface area contributed by atoms with E-state index in [1.807, 2.05) is 0 Å². The van der Waals surface area contributed by atoms with Crippen molar-refractivity contribution < 1.29 is 14.1 Å². The maximum Gasteiger partial charge on any atom is 0.318 e. The number of methoxy groups -OCH3 is 1. The van der Waals surface area contributed by atoms with E-state index in [4.69, 9.17) is 9.26 Å². The first kappa shape index (κ1) is 13.6. The Morgan fingerprint density at radius 1 is 1.40 bits per heavy atom. The molecular weight excluding hydrogens is 256 g/mol. The van der Waals surface area contributed by atoms with Crippen molar-refractivity contribution in [2.45, 2.75) is 57.8 Å². The highest BCUT2D eigenvalue weighted by Crippen LogP contribution is 2.57. The summed E-state index contributed by atoms with van der Waals surface area (Å²) < 4.78 is 10.3. The summed E-state index contributed by atoms with van der Waals surface area (Å²) in [5.74, 6) is 1.20. The SMILES string of the molecule is COC(=O)C(c1nc(C2CC2(C)C)no1)C1CCCC1. The highest BCUT2D eigenvalue weighted by Gasteiger charge is 2.50. The first-order valence-corrected chi connectivity index (χ1v) is 7.44. The molecule has 0 aromatic carbocycles. The zero-order valence-electron chi connectivity index (χ0n) is 12.4. The van der Waals surface area contributed by atoms with E-state index in [1.165, 1.54) is 7.11 Å². The number of carbonyl (C=O) groups is 1. The molecule has 2 aliphatic carbocycles. The number of esters is 1. The number of rotatable bonds is 4. The minimum absolute atomic E-state index is 0.248. The zero-order valence-corrected chi connectivity index (χ0v) is 12.4. The summed E-state index contributed by atoms with van der Waals surface area (Å²) >= 11 is 0. The van der Waals surface area contributed by atoms with E-state index in [1.54, 1.807) is 0 Å². The molecule has 2 unspecified atom stereocenters. The molecule has 3 rings (SSSR count). The fourth-order valence-corrected chi connectivity index (χ4v) is 3.34. The van der Waals surface area contributed by atoms with E-state index < -0.39 is 0 Å². The van der Waals surface area contributed by atoms with Crippen molar-refractivity contribution in [2.24, 2.45) is 11.3 Å². The molecule has 2 atom stereocenters. The average molecular weight is 278 g/mol. The number of aromatic nitrogens is 2. The van der Waals surface area contributed by atoms with Crippen LogP contribution in [0.4, 0.5) is 0 Å². The molecule has 1 heterocycles. The Morgan fingerprint density at radius 2 is 2.05 bits per heavy atom. The van der Waals surface area contributed by atoms with E-state index >= 15 is 0 Å². The molecule has 0 radical (unpaired) electrons. The molecule has 20 heavy (non-hydrogen) atoms. The Bertz CT molecular complexity index is 503. The Labute approximate surface area is 119 Å². The quantitative estimate of drug-likeness (QED) is 0.792. The fraction of sp³-hybridized carbons (Fsp3) is 0.800. The second-order valence-electron chi connectivity index (χ2n) is 6.78. The van der Waals surface area contributed by atoms with Crippen LogP contribution in [-0.4, -0.2) is 23.2 Å². The van der Waals surface area contributed by atoms with Gasteiger partial charge in [0, 0.05) is 5.92 Å². The molecule has 0 spiro atoms. The van der Waals surface area contributed by atoms with Gasteiger partial charge in [0.05, 0.1) is 7.11 Å². The fourth-order valence-electron chi connectivity index (χ4n) is 3.34. The van der Waals surface area contributed by atoms with Crippen LogP contribution in [-0.2, 0) is 9.53 Å². The van der Waals surface area contributed by atoms with Crippen molar-refractivity contribution in [3.8, 4) is 0 Å². The highest BCUT2D eigenvalue weighted by atomic mass is 16.5. The lowest BCUT2D eigenvalue weighted by Gasteiger charge is -2.16. The predicted molar refractivity (Wildman–Crippen MR) is 72.2 cm³/mol. The molecular formula is C15H22N2O3. The Morgan fingerprint density at radius 3 is 2.60 bits per heavy atom. The summed E-state index contributed by atoms with van der Waals surface area (Å²) in [6.07, 6.45) is 5.47. The molecule has 1 aromatic heterocycles. The summed E-state index contributed by atoms with van der Waals surface area (Å²) in [4.78, 5) is 16.6. The van der Waals surface area contributed by atoms with Crippen LogP contribution < -0.4 is 0 Å². The first-order valence-electron chi connectivity index (χ1n) is 7.44. The third-order valence-electron chi connectivity index (χ3n) is 4.87. The molecule has 5 nitrogen and oxygen atoms in total. The van der Waals surface area contributed by atoms with Crippen LogP contribution in [0.2, 0.25) is 0 Å². The molecule has 2 aliphatic rings. The molecule has 0 bridgehead atoms. The molecule has 0 amide bonds. The lowest BCUT2D eigenvalue weighted by atomic mass is 9.91. The minimum Gasteiger partial charge on any atom is -0.468 e. The van der Waals surface area contributed by atoms with Gasteiger partial charge in [0.25, 0.3) is 0 Å². The van der Waals surface area contributed by atoms with E-state index in [0.717, 1.165) is 37.9 Å². The van der Waals surface area contributed by atoms with E-state index in [9.17, 15) is 4.79 Å². The number of hydrogen-bond acceptors (Lipinski definition) is 5. The molecule has 2 saturated carbocycles. The van der Waals surface area contributed by atoms with E-state index in [2.05, 4.69) is 24.0 Å². The van der Waals surface area contributed by atoms with E-state index in [0.29, 0.717) is 11.8 Å². The van der Waals surface area contributed by atoms with Gasteiger partial charge in [-0.15, -0.1) is 0 Å². The maximum absolute atomic E-state index is 12.1. The largest absolute Gasteiger partial charge is 0.468 e. The zero-order chi connectivity index (χ0) is 14.3. The van der Waals surface area contributed by atoms with Gasteiger partial charge < -0.3 is 9.26 Å². The van der Waals surface area contributed by atoms with Crippen LogP contribution in [0.25, 0.3) is 0 Å². The van der Waals surface area contributed by atoms with Crippen molar-refractivity contribution in [1.29, 1.82) is 0 Å². The topological polar surface area (TPSA) is 65.2 Å². The van der Waals surface area contributed by atoms with Crippen LogP contribution >= 0.6 is 0 Å². The van der Waals surface area contributed by atoms with Crippen LogP contribution in [0.5, 0.6) is 0 Å². The average Bonchev–Trinajstić information content (AvgIpc) is 2.88. The molecule has 2 fully saturated rings. The van der Waals surface area contributed by atoms with Gasteiger partial charge in [-0.25, -0.2) is 0 Å². The maximum atomic E-state index is 12.1. The van der Waals surface area contributed by atoms with Crippen LogP contribution in [0.15, 0.2) is 4.52 Å². The Kier molecular flexibility index (Phi) is 3.30. The monoisotopic (exact) mass is 278 g/mol. The predicted octanol–water partition coefficient (Wildman–Crippen LogP) is 3.03. The number of nitrogens with zero attached hydrogens (tertiary/aromatic N) is 2. The summed E-state index contributed by atoms with van der Waals surface area (Å²) in [6, 6.07) is 0. The van der Waals surface area contributed by atoms with Gasteiger partial charge in [0.2, 0.25) is 5.89 Å².